The van der Waals surface area contributed by atoms with Gasteiger partial charge < -0.3 is 0 Å². The summed E-state index contributed by atoms with van der Waals surface area (Å²) in [7, 11) is -12.3. The SMILES string of the molecule is C[N+]1=C(c2ccccc2)N(S(=O)(=O)C[C@]23CC[C@H](CC2=O)C3(C)C)CC1.F[P-](F)(F)(F)(F)F. The molecule has 0 spiro atoms. The number of rotatable bonds is 4. The second-order valence-corrected chi connectivity index (χ2v) is 13.4. The predicted octanol–water partition coefficient (Wildman–Crippen LogP) is 5.50. The van der Waals surface area contributed by atoms with Crippen molar-refractivity contribution >= 4 is 29.5 Å². The fourth-order valence-corrected chi connectivity index (χ4v) is 7.69. The second kappa shape index (κ2) is 7.16. The van der Waals surface area contributed by atoms with Crippen LogP contribution in [0.1, 0.15) is 38.7 Å². The number of sulfonamides is 1. The third-order valence-electron chi connectivity index (χ3n) is 7.17. The van der Waals surface area contributed by atoms with E-state index in [1.54, 1.807) is 0 Å². The maximum atomic E-state index is 13.5. The van der Waals surface area contributed by atoms with Crippen LogP contribution >= 0.6 is 7.81 Å². The zero-order valence-electron chi connectivity index (χ0n) is 18.4. The van der Waals surface area contributed by atoms with Crippen LogP contribution in [0.2, 0.25) is 0 Å². The number of likely N-dealkylation sites (N-methyl/N-ethyl adjacent to an activating group) is 1. The first-order valence-corrected chi connectivity index (χ1v) is 14.0. The summed E-state index contributed by atoms with van der Waals surface area (Å²) < 4.78 is 89.6. The van der Waals surface area contributed by atoms with Crippen LogP contribution in [0.3, 0.4) is 0 Å². The van der Waals surface area contributed by atoms with Gasteiger partial charge in [-0.1, -0.05) is 32.0 Å². The number of carbonyl (C=O) groups is 1. The quantitative estimate of drug-likeness (QED) is 0.299. The molecule has 0 amide bonds. The average molecular weight is 520 g/mol. The van der Waals surface area contributed by atoms with E-state index in [0.717, 1.165) is 17.8 Å². The van der Waals surface area contributed by atoms with Gasteiger partial charge in [-0.2, -0.15) is 8.42 Å². The van der Waals surface area contributed by atoms with E-state index >= 15 is 0 Å². The topological polar surface area (TPSA) is 57.5 Å². The molecule has 3 aliphatic rings. The van der Waals surface area contributed by atoms with Crippen molar-refractivity contribution in [2.75, 3.05) is 25.9 Å². The average Bonchev–Trinajstić information content (AvgIpc) is 3.18. The van der Waals surface area contributed by atoms with Crippen molar-refractivity contribution in [2.24, 2.45) is 16.7 Å². The van der Waals surface area contributed by atoms with Crippen LogP contribution in [0, 0.1) is 16.7 Å². The fraction of sp³-hybridized carbons (Fsp3) is 0.600. The summed E-state index contributed by atoms with van der Waals surface area (Å²) in [5.74, 6) is 1.13. The van der Waals surface area contributed by atoms with E-state index in [1.807, 2.05) is 42.0 Å². The van der Waals surface area contributed by atoms with Crippen LogP contribution < -0.4 is 0 Å². The molecule has 2 atom stereocenters. The molecule has 1 aliphatic heterocycles. The van der Waals surface area contributed by atoms with Crippen LogP contribution in [0.15, 0.2) is 30.3 Å². The molecular weight excluding hydrogens is 493 g/mol. The molecular formula is C20H27F6N2O3PS. The zero-order valence-corrected chi connectivity index (χ0v) is 20.2. The van der Waals surface area contributed by atoms with Gasteiger partial charge >= 0.3 is 43.0 Å². The van der Waals surface area contributed by atoms with E-state index in [1.165, 1.54) is 4.31 Å². The molecule has 4 rings (SSSR count). The second-order valence-electron chi connectivity index (χ2n) is 9.56. The Morgan fingerprint density at radius 1 is 1.09 bits per heavy atom. The molecule has 33 heavy (non-hydrogen) atoms. The molecule has 1 heterocycles. The first kappa shape index (κ1) is 25.9. The molecule has 1 aromatic carbocycles. The third-order valence-corrected chi connectivity index (χ3v) is 9.06. The molecule has 0 radical (unpaired) electrons. The number of carbonyl (C=O) groups excluding carboxylic acids is 1. The number of nitrogens with zero attached hydrogens (tertiary/aromatic N) is 2. The first-order valence-electron chi connectivity index (χ1n) is 10.4. The van der Waals surface area contributed by atoms with E-state index in [0.29, 0.717) is 31.8 Å². The Balaban J connectivity index is 0.000000383. The van der Waals surface area contributed by atoms with Crippen molar-refractivity contribution in [1.82, 2.24) is 4.31 Å². The van der Waals surface area contributed by atoms with Crippen molar-refractivity contribution in [3.63, 3.8) is 0 Å². The zero-order chi connectivity index (χ0) is 25.2. The van der Waals surface area contributed by atoms with Crippen LogP contribution in [-0.2, 0) is 14.8 Å². The summed E-state index contributed by atoms with van der Waals surface area (Å²) in [6, 6.07) is 9.64. The monoisotopic (exact) mass is 520 g/mol. The number of amidine groups is 1. The van der Waals surface area contributed by atoms with Crippen molar-refractivity contribution in [3.05, 3.63) is 35.9 Å². The summed E-state index contributed by atoms with van der Waals surface area (Å²) in [6.07, 6.45) is 2.20. The van der Waals surface area contributed by atoms with E-state index in [4.69, 9.17) is 0 Å². The van der Waals surface area contributed by atoms with Gasteiger partial charge in [0, 0.05) is 6.42 Å². The number of ketones is 1. The van der Waals surface area contributed by atoms with Crippen molar-refractivity contribution in [1.29, 1.82) is 0 Å². The number of hydrogen-bond donors (Lipinski definition) is 0. The van der Waals surface area contributed by atoms with E-state index in [-0.39, 0.29) is 17.0 Å². The van der Waals surface area contributed by atoms with Gasteiger partial charge in [0.05, 0.1) is 18.0 Å². The maximum absolute atomic E-state index is 13.5. The molecule has 2 bridgehead atoms. The Labute approximate surface area is 188 Å². The van der Waals surface area contributed by atoms with Crippen LogP contribution in [0.4, 0.5) is 25.2 Å². The van der Waals surface area contributed by atoms with Gasteiger partial charge in [-0.25, -0.2) is 0 Å². The van der Waals surface area contributed by atoms with Crippen LogP contribution in [0.5, 0.6) is 0 Å². The number of Topliss-reactive ketones (excluding diaryl/α,β-unsaturated/α-hetero) is 1. The Morgan fingerprint density at radius 2 is 1.64 bits per heavy atom. The summed E-state index contributed by atoms with van der Waals surface area (Å²) >= 11 is 0. The standard InChI is InChI=1S/C20H27N2O3S.F6P/c1-19(2)16-9-10-20(19,17(23)13-16)14-26(24,25)22-12-11-21(3)18(22)15-7-5-4-6-8-15;1-7(2,3,4,5)6/h4-8,16H,9-14H2,1-3H3;/q+1;-1/t16-,20-;/m1./s1. The minimum absolute atomic E-state index is 0.0630. The summed E-state index contributed by atoms with van der Waals surface area (Å²) in [4.78, 5) is 12.8. The van der Waals surface area contributed by atoms with E-state index < -0.39 is 23.2 Å². The first-order chi connectivity index (χ1) is 14.6. The van der Waals surface area contributed by atoms with Gasteiger partial charge in [0.25, 0.3) is 5.84 Å². The molecule has 2 aliphatic carbocycles. The van der Waals surface area contributed by atoms with Gasteiger partial charge in [0.2, 0.25) is 0 Å². The Hall–Kier alpha value is -1.68. The molecule has 0 N–H and O–H groups in total. The number of hydrogen-bond acceptors (Lipinski definition) is 3. The van der Waals surface area contributed by atoms with Crippen LogP contribution in [0.25, 0.3) is 0 Å². The molecule has 0 aromatic heterocycles. The molecule has 13 heteroatoms. The molecule has 188 valence electrons. The van der Waals surface area contributed by atoms with Gasteiger partial charge in [-0.15, -0.1) is 4.31 Å². The summed E-state index contributed by atoms with van der Waals surface area (Å²) in [5, 5.41) is 0. The fourth-order valence-electron chi connectivity index (χ4n) is 5.36. The summed E-state index contributed by atoms with van der Waals surface area (Å²) in [5.41, 5.74) is -0.0651. The van der Waals surface area contributed by atoms with Crippen molar-refractivity contribution < 1.29 is 43.0 Å². The molecule has 0 unspecified atom stereocenters. The van der Waals surface area contributed by atoms with E-state index in [2.05, 4.69) is 13.8 Å². The molecule has 5 nitrogen and oxygen atoms in total. The van der Waals surface area contributed by atoms with Gasteiger partial charge in [0.1, 0.15) is 24.6 Å². The Kier molecular flexibility index (Phi) is 5.63. The molecule has 2 saturated carbocycles. The number of halogens is 6. The number of fused-ring (bicyclic) bond motifs is 2. The Bertz CT molecular complexity index is 1090. The van der Waals surface area contributed by atoms with Gasteiger partial charge in [-0.05, 0) is 36.3 Å². The van der Waals surface area contributed by atoms with Gasteiger partial charge in [0.15, 0.2) is 0 Å². The number of benzene rings is 1. The Morgan fingerprint density at radius 3 is 2.09 bits per heavy atom. The molecule has 2 fully saturated rings. The predicted molar refractivity (Wildman–Crippen MR) is 114 cm³/mol. The minimum atomic E-state index is -10.7. The van der Waals surface area contributed by atoms with E-state index in [9.17, 15) is 38.4 Å². The van der Waals surface area contributed by atoms with Gasteiger partial charge in [-0.3, -0.25) is 9.37 Å². The summed E-state index contributed by atoms with van der Waals surface area (Å²) in [6.45, 7) is 5.28. The van der Waals surface area contributed by atoms with Crippen molar-refractivity contribution in [3.8, 4) is 0 Å². The normalized spacial score (nSPS) is 28.9. The van der Waals surface area contributed by atoms with Crippen molar-refractivity contribution in [2.45, 2.75) is 33.1 Å². The molecule has 0 saturated heterocycles. The van der Waals surface area contributed by atoms with Crippen LogP contribution in [-0.4, -0.2) is 54.8 Å². The third kappa shape index (κ3) is 5.53. The molecule has 1 aromatic rings.